The van der Waals surface area contributed by atoms with Gasteiger partial charge >= 0.3 is 0 Å². The molecule has 0 saturated carbocycles. The van der Waals surface area contributed by atoms with Crippen molar-refractivity contribution in [1.82, 2.24) is 14.8 Å². The highest BCUT2D eigenvalue weighted by molar-refractivity contribution is 9.10. The Morgan fingerprint density at radius 3 is 2.48 bits per heavy atom. The molecule has 0 atom stereocenters. The minimum Gasteiger partial charge on any atom is -0.323 e. The second-order valence-corrected chi connectivity index (χ2v) is 9.42. The summed E-state index contributed by atoms with van der Waals surface area (Å²) in [7, 11) is 0. The molecule has 0 aliphatic carbocycles. The third kappa shape index (κ3) is 5.63. The molecule has 0 fully saturated rings. The molecule has 0 spiro atoms. The molecule has 0 saturated heterocycles. The van der Waals surface area contributed by atoms with Crippen LogP contribution in [0.5, 0.6) is 0 Å². The second kappa shape index (κ2) is 10.5. The molecule has 0 aliphatic heterocycles. The maximum absolute atomic E-state index is 14.1. The largest absolute Gasteiger partial charge is 0.323 e. The molecule has 4 aromatic rings. The minimum atomic E-state index is -0.507. The molecular weight excluding hydrogens is 527 g/mol. The van der Waals surface area contributed by atoms with Gasteiger partial charge in [0.15, 0.2) is 11.0 Å². The Labute approximate surface area is 208 Å². The minimum absolute atomic E-state index is 0.0430. The van der Waals surface area contributed by atoms with E-state index in [4.69, 9.17) is 11.6 Å². The molecule has 4 rings (SSSR count). The van der Waals surface area contributed by atoms with Crippen LogP contribution in [0.1, 0.15) is 12.5 Å². The first kappa shape index (κ1) is 23.5. The smallest absolute Gasteiger partial charge is 0.234 e. The van der Waals surface area contributed by atoms with Crippen LogP contribution < -0.4 is 5.32 Å². The molecule has 0 unspecified atom stereocenters. The van der Waals surface area contributed by atoms with Crippen LogP contribution in [-0.2, 0) is 11.2 Å². The second-order valence-electron chi connectivity index (χ2n) is 7.13. The number of carbonyl (C=O) groups is 1. The molecule has 5 nitrogen and oxygen atoms in total. The lowest BCUT2D eigenvalue weighted by Gasteiger charge is -2.11. The summed E-state index contributed by atoms with van der Waals surface area (Å²) < 4.78 is 16.6. The molecule has 1 aromatic heterocycles. The fraction of sp³-hybridized carbons (Fsp3) is 0.125. The molecule has 1 amide bonds. The Morgan fingerprint density at radius 1 is 1.09 bits per heavy atom. The van der Waals surface area contributed by atoms with Crippen LogP contribution in [0.25, 0.3) is 17.1 Å². The number of amides is 1. The van der Waals surface area contributed by atoms with Crippen LogP contribution >= 0.6 is 39.3 Å². The summed E-state index contributed by atoms with van der Waals surface area (Å²) in [6, 6.07) is 19.9. The lowest BCUT2D eigenvalue weighted by atomic mass is 10.1. The maximum atomic E-state index is 14.1. The number of aromatic nitrogens is 3. The Balaban J connectivity index is 1.60. The molecule has 0 aliphatic rings. The van der Waals surface area contributed by atoms with E-state index in [9.17, 15) is 9.18 Å². The molecular formula is C24H19BrClFN4OS. The summed E-state index contributed by atoms with van der Waals surface area (Å²) in [5, 5.41) is 12.5. The monoisotopic (exact) mass is 544 g/mol. The summed E-state index contributed by atoms with van der Waals surface area (Å²) in [6.45, 7) is 2.10. The van der Waals surface area contributed by atoms with Crippen LogP contribution in [0.15, 0.2) is 76.4 Å². The number of halogens is 3. The predicted molar refractivity (Wildman–Crippen MR) is 135 cm³/mol. The highest BCUT2D eigenvalue weighted by atomic mass is 79.9. The quantitative estimate of drug-likeness (QED) is 0.260. The van der Waals surface area contributed by atoms with Gasteiger partial charge in [-0.05, 0) is 66.6 Å². The molecule has 1 N–H and O–H groups in total. The normalized spacial score (nSPS) is 10.9. The zero-order chi connectivity index (χ0) is 23.4. The van der Waals surface area contributed by atoms with Crippen molar-refractivity contribution in [1.29, 1.82) is 0 Å². The number of nitrogens with one attached hydrogen (secondary N) is 1. The zero-order valence-electron chi connectivity index (χ0n) is 17.6. The highest BCUT2D eigenvalue weighted by Gasteiger charge is 2.18. The van der Waals surface area contributed by atoms with Gasteiger partial charge < -0.3 is 5.32 Å². The summed E-state index contributed by atoms with van der Waals surface area (Å²) in [6.07, 6.45) is 0.931. The van der Waals surface area contributed by atoms with Crippen LogP contribution in [0.2, 0.25) is 5.02 Å². The number of anilines is 1. The SMILES string of the molecule is CCc1ccc(-n2c(SCC(=O)Nc3ccc(Br)cc3F)nnc2-c2ccc(Cl)cc2)cc1. The van der Waals surface area contributed by atoms with Gasteiger partial charge in [0.2, 0.25) is 5.91 Å². The van der Waals surface area contributed by atoms with Gasteiger partial charge in [-0.15, -0.1) is 10.2 Å². The average Bonchev–Trinajstić information content (AvgIpc) is 3.24. The van der Waals surface area contributed by atoms with Crippen molar-refractivity contribution in [2.75, 3.05) is 11.1 Å². The first-order valence-electron chi connectivity index (χ1n) is 10.1. The third-order valence-corrected chi connectivity index (χ3v) is 6.55. The van der Waals surface area contributed by atoms with Crippen LogP contribution in [0, 0.1) is 5.82 Å². The standard InChI is InChI=1S/C24H19BrClFN4OS/c1-2-15-3-10-19(11-4-15)31-23(16-5-8-18(26)9-6-16)29-30-24(31)33-14-22(32)28-21-12-7-17(25)13-20(21)27/h3-13H,2,14H2,1H3,(H,28,32). The molecule has 1 heterocycles. The fourth-order valence-electron chi connectivity index (χ4n) is 3.17. The topological polar surface area (TPSA) is 59.8 Å². The van der Waals surface area contributed by atoms with Crippen LogP contribution in [-0.4, -0.2) is 26.4 Å². The van der Waals surface area contributed by atoms with E-state index >= 15 is 0 Å². The molecule has 33 heavy (non-hydrogen) atoms. The number of hydrogen-bond donors (Lipinski definition) is 1. The van der Waals surface area contributed by atoms with Gasteiger partial charge in [-0.3, -0.25) is 9.36 Å². The molecule has 168 valence electrons. The van der Waals surface area contributed by atoms with E-state index in [1.54, 1.807) is 18.2 Å². The fourth-order valence-corrected chi connectivity index (χ4v) is 4.38. The van der Waals surface area contributed by atoms with Gasteiger partial charge in [-0.2, -0.15) is 0 Å². The van der Waals surface area contributed by atoms with Crippen molar-refractivity contribution in [2.24, 2.45) is 0 Å². The lowest BCUT2D eigenvalue weighted by molar-refractivity contribution is -0.113. The van der Waals surface area contributed by atoms with E-state index in [1.807, 2.05) is 28.8 Å². The Hall–Kier alpha value is -2.68. The number of hydrogen-bond acceptors (Lipinski definition) is 4. The number of benzene rings is 3. The van der Waals surface area contributed by atoms with E-state index in [1.165, 1.54) is 29.5 Å². The van der Waals surface area contributed by atoms with Gasteiger partial charge in [0.1, 0.15) is 5.82 Å². The average molecular weight is 546 g/mol. The first-order chi connectivity index (χ1) is 15.9. The van der Waals surface area contributed by atoms with E-state index in [0.717, 1.165) is 17.7 Å². The van der Waals surface area contributed by atoms with Crippen molar-refractivity contribution < 1.29 is 9.18 Å². The molecule has 9 heteroatoms. The maximum Gasteiger partial charge on any atom is 0.234 e. The van der Waals surface area contributed by atoms with Crippen LogP contribution in [0.4, 0.5) is 10.1 Å². The molecule has 0 radical (unpaired) electrons. The van der Waals surface area contributed by atoms with Gasteiger partial charge in [-0.1, -0.05) is 58.3 Å². The van der Waals surface area contributed by atoms with Crippen molar-refractivity contribution in [2.45, 2.75) is 18.5 Å². The van der Waals surface area contributed by atoms with Gasteiger partial charge in [0, 0.05) is 20.7 Å². The number of aryl methyl sites for hydroxylation is 1. The van der Waals surface area contributed by atoms with E-state index in [2.05, 4.69) is 50.5 Å². The van der Waals surface area contributed by atoms with Crippen molar-refractivity contribution in [3.05, 3.63) is 87.6 Å². The summed E-state index contributed by atoms with van der Waals surface area (Å²) >= 11 is 10.5. The number of nitrogens with zero attached hydrogens (tertiary/aromatic N) is 3. The van der Waals surface area contributed by atoms with E-state index < -0.39 is 5.82 Å². The zero-order valence-corrected chi connectivity index (χ0v) is 20.7. The summed E-state index contributed by atoms with van der Waals surface area (Å²) in [5.41, 5.74) is 3.07. The van der Waals surface area contributed by atoms with Crippen molar-refractivity contribution in [3.63, 3.8) is 0 Å². The van der Waals surface area contributed by atoms with E-state index in [-0.39, 0.29) is 17.3 Å². The number of rotatable bonds is 7. The Morgan fingerprint density at radius 2 is 1.82 bits per heavy atom. The number of carbonyl (C=O) groups excluding carboxylic acids is 1. The Bertz CT molecular complexity index is 1280. The van der Waals surface area contributed by atoms with Gasteiger partial charge in [0.05, 0.1) is 11.4 Å². The number of thioether (sulfide) groups is 1. The predicted octanol–water partition coefficient (Wildman–Crippen LogP) is 6.78. The van der Waals surface area contributed by atoms with Gasteiger partial charge in [0.25, 0.3) is 0 Å². The van der Waals surface area contributed by atoms with Gasteiger partial charge in [-0.25, -0.2) is 4.39 Å². The third-order valence-electron chi connectivity index (χ3n) is 4.88. The first-order valence-corrected chi connectivity index (χ1v) is 12.3. The van der Waals surface area contributed by atoms with Crippen molar-refractivity contribution in [3.8, 4) is 17.1 Å². The summed E-state index contributed by atoms with van der Waals surface area (Å²) in [5.74, 6) is -0.170. The van der Waals surface area contributed by atoms with Crippen LogP contribution in [0.3, 0.4) is 0 Å². The summed E-state index contributed by atoms with van der Waals surface area (Å²) in [4.78, 5) is 12.5. The lowest BCUT2D eigenvalue weighted by Crippen LogP contribution is -2.15. The highest BCUT2D eigenvalue weighted by Crippen LogP contribution is 2.29. The van der Waals surface area contributed by atoms with E-state index in [0.29, 0.717) is 20.5 Å². The Kier molecular flexibility index (Phi) is 7.47. The van der Waals surface area contributed by atoms with Crippen molar-refractivity contribution >= 4 is 50.9 Å². The molecule has 3 aromatic carbocycles. The molecule has 0 bridgehead atoms.